The van der Waals surface area contributed by atoms with Gasteiger partial charge in [0.05, 0.1) is 12.1 Å². The summed E-state index contributed by atoms with van der Waals surface area (Å²) < 4.78 is 7.66. The molecule has 32 heavy (non-hydrogen) atoms. The highest BCUT2D eigenvalue weighted by atomic mass is 16.5. The van der Waals surface area contributed by atoms with Crippen LogP contribution in [0.3, 0.4) is 0 Å². The number of pyridine rings is 3. The van der Waals surface area contributed by atoms with Crippen LogP contribution in [0.4, 0.5) is 0 Å². The Balaban J connectivity index is 1.33. The van der Waals surface area contributed by atoms with Gasteiger partial charge in [-0.1, -0.05) is 6.07 Å². The number of fused-ring (bicyclic) bond motifs is 1. The van der Waals surface area contributed by atoms with Gasteiger partial charge in [-0.2, -0.15) is 0 Å². The largest absolute Gasteiger partial charge is 0.494 e. The van der Waals surface area contributed by atoms with Crippen molar-refractivity contribution in [2.45, 2.75) is 19.4 Å². The van der Waals surface area contributed by atoms with Crippen LogP contribution in [-0.2, 0) is 20.0 Å². The van der Waals surface area contributed by atoms with Gasteiger partial charge in [-0.25, -0.2) is 0 Å². The molecule has 0 fully saturated rings. The number of nitrogens with zero attached hydrogens (tertiary/aromatic N) is 4. The van der Waals surface area contributed by atoms with Gasteiger partial charge in [0.2, 0.25) is 0 Å². The van der Waals surface area contributed by atoms with Crippen molar-refractivity contribution in [2.24, 2.45) is 7.05 Å². The molecule has 0 bridgehead atoms. The summed E-state index contributed by atoms with van der Waals surface area (Å²) in [6.07, 6.45) is 9.32. The van der Waals surface area contributed by atoms with E-state index in [2.05, 4.69) is 33.1 Å². The lowest BCUT2D eigenvalue weighted by molar-refractivity contribution is 0.229. The summed E-state index contributed by atoms with van der Waals surface area (Å²) in [6, 6.07) is 17.5. The molecule has 0 atom stereocenters. The SMILES string of the molecule is Cn1c(=O)ccc2cc(OCCCN(CCc3ccncc3)Cc3cccnc3)ccc21. The minimum atomic E-state index is -0.00774. The highest BCUT2D eigenvalue weighted by molar-refractivity contribution is 5.80. The van der Waals surface area contributed by atoms with Crippen LogP contribution in [0.5, 0.6) is 5.75 Å². The van der Waals surface area contributed by atoms with Crippen LogP contribution in [0.15, 0.2) is 84.2 Å². The molecule has 1 aromatic carbocycles. The Kier molecular flexibility index (Phi) is 7.25. The molecule has 0 spiro atoms. The normalized spacial score (nSPS) is 11.2. The van der Waals surface area contributed by atoms with Crippen LogP contribution < -0.4 is 10.3 Å². The van der Waals surface area contributed by atoms with Crippen molar-refractivity contribution >= 4 is 10.9 Å². The fourth-order valence-electron chi connectivity index (χ4n) is 3.79. The minimum Gasteiger partial charge on any atom is -0.494 e. The van der Waals surface area contributed by atoms with E-state index in [-0.39, 0.29) is 5.56 Å². The summed E-state index contributed by atoms with van der Waals surface area (Å²) in [5.41, 5.74) is 3.40. The Morgan fingerprint density at radius 3 is 2.62 bits per heavy atom. The second-order valence-electron chi connectivity index (χ2n) is 7.90. The van der Waals surface area contributed by atoms with Gasteiger partial charge in [-0.3, -0.25) is 19.7 Å². The average Bonchev–Trinajstić information content (AvgIpc) is 2.84. The molecule has 6 nitrogen and oxygen atoms in total. The molecule has 0 aliphatic rings. The highest BCUT2D eigenvalue weighted by Gasteiger charge is 2.08. The Bertz CT molecular complexity index is 1190. The minimum absolute atomic E-state index is 0.00774. The van der Waals surface area contributed by atoms with Crippen molar-refractivity contribution in [1.82, 2.24) is 19.4 Å². The van der Waals surface area contributed by atoms with Crippen molar-refractivity contribution in [3.63, 3.8) is 0 Å². The number of ether oxygens (including phenoxy) is 1. The lowest BCUT2D eigenvalue weighted by Crippen LogP contribution is -2.28. The van der Waals surface area contributed by atoms with Crippen LogP contribution in [0.25, 0.3) is 10.9 Å². The van der Waals surface area contributed by atoms with Crippen molar-refractivity contribution in [1.29, 1.82) is 0 Å². The molecule has 3 heterocycles. The number of benzene rings is 1. The number of aromatic nitrogens is 3. The maximum Gasteiger partial charge on any atom is 0.250 e. The van der Waals surface area contributed by atoms with Gasteiger partial charge < -0.3 is 9.30 Å². The first-order valence-electron chi connectivity index (χ1n) is 10.9. The second-order valence-corrected chi connectivity index (χ2v) is 7.90. The predicted octanol–water partition coefficient (Wildman–Crippen LogP) is 3.84. The van der Waals surface area contributed by atoms with E-state index in [1.165, 1.54) is 11.1 Å². The monoisotopic (exact) mass is 428 g/mol. The van der Waals surface area contributed by atoms with Crippen molar-refractivity contribution in [3.05, 3.63) is 101 Å². The molecule has 0 aliphatic heterocycles. The zero-order valence-corrected chi connectivity index (χ0v) is 18.4. The molecular weight excluding hydrogens is 400 g/mol. The van der Waals surface area contributed by atoms with E-state index < -0.39 is 0 Å². The van der Waals surface area contributed by atoms with Gasteiger partial charge in [0.1, 0.15) is 5.75 Å². The van der Waals surface area contributed by atoms with Crippen molar-refractivity contribution in [3.8, 4) is 5.75 Å². The van der Waals surface area contributed by atoms with Gasteiger partial charge in [-0.05, 0) is 66.4 Å². The summed E-state index contributed by atoms with van der Waals surface area (Å²) >= 11 is 0. The molecule has 4 aromatic rings. The van der Waals surface area contributed by atoms with Gasteiger partial charge in [0.25, 0.3) is 5.56 Å². The third-order valence-electron chi connectivity index (χ3n) is 5.58. The quantitative estimate of drug-likeness (QED) is 0.359. The first-order valence-corrected chi connectivity index (χ1v) is 10.9. The lowest BCUT2D eigenvalue weighted by Gasteiger charge is -2.22. The Labute approximate surface area is 188 Å². The molecule has 3 aromatic heterocycles. The van der Waals surface area contributed by atoms with E-state index in [1.807, 2.05) is 48.9 Å². The van der Waals surface area contributed by atoms with Crippen LogP contribution >= 0.6 is 0 Å². The summed E-state index contributed by atoms with van der Waals surface area (Å²) in [5, 5.41) is 1.00. The molecule has 0 unspecified atom stereocenters. The first kappa shape index (κ1) is 21.7. The standard InChI is InChI=1S/C26H28N4O2/c1-29-25-7-6-24(18-23(25)5-8-26(29)31)32-17-3-15-30(20-22-4-2-12-28-19-22)16-11-21-9-13-27-14-10-21/h2,4-10,12-14,18-19H,3,11,15-17,20H2,1H3. The maximum absolute atomic E-state index is 11.8. The molecule has 0 saturated heterocycles. The zero-order chi connectivity index (χ0) is 22.2. The van der Waals surface area contributed by atoms with E-state index in [0.29, 0.717) is 6.61 Å². The Morgan fingerprint density at radius 2 is 1.81 bits per heavy atom. The van der Waals surface area contributed by atoms with Crippen LogP contribution in [0.2, 0.25) is 0 Å². The molecule has 0 saturated carbocycles. The van der Waals surface area contributed by atoms with Gasteiger partial charge in [0.15, 0.2) is 0 Å². The average molecular weight is 429 g/mol. The van der Waals surface area contributed by atoms with E-state index in [4.69, 9.17) is 4.74 Å². The van der Waals surface area contributed by atoms with Crippen LogP contribution in [0.1, 0.15) is 17.5 Å². The fourth-order valence-corrected chi connectivity index (χ4v) is 3.79. The molecular formula is C26H28N4O2. The fraction of sp³-hybridized carbons (Fsp3) is 0.269. The molecule has 164 valence electrons. The maximum atomic E-state index is 11.8. The highest BCUT2D eigenvalue weighted by Crippen LogP contribution is 2.19. The molecule has 0 N–H and O–H groups in total. The molecule has 0 amide bonds. The Morgan fingerprint density at radius 1 is 0.938 bits per heavy atom. The summed E-state index contributed by atoms with van der Waals surface area (Å²) in [5.74, 6) is 0.826. The number of rotatable bonds is 10. The molecule has 0 aliphatic carbocycles. The van der Waals surface area contributed by atoms with Crippen LogP contribution in [-0.4, -0.2) is 39.1 Å². The smallest absolute Gasteiger partial charge is 0.250 e. The second kappa shape index (κ2) is 10.7. The van der Waals surface area contributed by atoms with Gasteiger partial charge in [-0.15, -0.1) is 0 Å². The molecule has 4 rings (SSSR count). The molecule has 0 radical (unpaired) electrons. The predicted molar refractivity (Wildman–Crippen MR) is 127 cm³/mol. The number of hydrogen-bond donors (Lipinski definition) is 0. The van der Waals surface area contributed by atoms with E-state index in [9.17, 15) is 4.79 Å². The van der Waals surface area contributed by atoms with Crippen molar-refractivity contribution < 1.29 is 4.74 Å². The number of hydrogen-bond acceptors (Lipinski definition) is 5. The van der Waals surface area contributed by atoms with Crippen LogP contribution in [0, 0.1) is 0 Å². The number of aryl methyl sites for hydroxylation is 1. The summed E-state index contributed by atoms with van der Waals surface area (Å²) in [6.45, 7) is 3.39. The van der Waals surface area contributed by atoms with E-state index in [1.54, 1.807) is 23.9 Å². The summed E-state index contributed by atoms with van der Waals surface area (Å²) in [4.78, 5) is 22.6. The van der Waals surface area contributed by atoms with Crippen molar-refractivity contribution in [2.75, 3.05) is 19.7 Å². The third kappa shape index (κ3) is 5.80. The lowest BCUT2D eigenvalue weighted by atomic mass is 10.1. The van der Waals surface area contributed by atoms with Gasteiger partial charge in [0, 0.05) is 62.9 Å². The molecule has 6 heteroatoms. The summed E-state index contributed by atoms with van der Waals surface area (Å²) in [7, 11) is 1.79. The van der Waals surface area contributed by atoms with Gasteiger partial charge >= 0.3 is 0 Å². The van der Waals surface area contributed by atoms with E-state index in [0.717, 1.165) is 49.1 Å². The topological polar surface area (TPSA) is 60.2 Å². The van der Waals surface area contributed by atoms with E-state index >= 15 is 0 Å². The third-order valence-corrected chi connectivity index (χ3v) is 5.58. The first-order chi connectivity index (χ1) is 15.7. The Hall–Kier alpha value is -3.51. The zero-order valence-electron chi connectivity index (χ0n) is 18.4.